The number of nitrogens with zero attached hydrogens (tertiary/aromatic N) is 4. The quantitative estimate of drug-likeness (QED) is 0.430. The Balaban J connectivity index is 1.40. The van der Waals surface area contributed by atoms with Crippen LogP contribution in [0.5, 0.6) is 0 Å². The number of allylic oxidation sites excluding steroid dienone is 1. The lowest BCUT2D eigenvalue weighted by molar-refractivity contribution is -0.479. The molecular formula is C29H25F3N5O+. The van der Waals surface area contributed by atoms with Gasteiger partial charge in [0.1, 0.15) is 17.5 Å². The molecule has 0 fully saturated rings. The number of nitrogens with one attached hydrogen (secondary N) is 1. The summed E-state index contributed by atoms with van der Waals surface area (Å²) in [7, 11) is 4.06. The number of carbonyl (C=O) groups is 1. The van der Waals surface area contributed by atoms with Crippen molar-refractivity contribution in [3.05, 3.63) is 106 Å². The van der Waals surface area contributed by atoms with Gasteiger partial charge in [0, 0.05) is 23.4 Å². The van der Waals surface area contributed by atoms with Crippen LogP contribution in [0, 0.1) is 0 Å². The summed E-state index contributed by atoms with van der Waals surface area (Å²) in [6, 6.07) is 19.8. The first kappa shape index (κ1) is 25.3. The molecule has 2 heterocycles. The Morgan fingerprint density at radius 1 is 1.00 bits per heavy atom. The molecule has 0 radical (unpaired) electrons. The molecular weight excluding hydrogens is 491 g/mol. The van der Waals surface area contributed by atoms with Gasteiger partial charge in [-0.05, 0) is 55.6 Å². The lowest BCUT2D eigenvalue weighted by Gasteiger charge is -2.11. The van der Waals surface area contributed by atoms with E-state index in [-0.39, 0.29) is 5.56 Å². The van der Waals surface area contributed by atoms with Crippen molar-refractivity contribution in [2.24, 2.45) is 10.1 Å². The molecule has 0 saturated carbocycles. The molecule has 3 aromatic carbocycles. The van der Waals surface area contributed by atoms with Gasteiger partial charge in [-0.15, -0.1) is 0 Å². The number of fused-ring (bicyclic) bond motifs is 1. The minimum absolute atomic E-state index is 0.0710. The number of carbonyl (C=O) groups excluding carboxylic acids is 1. The highest BCUT2D eigenvalue weighted by molar-refractivity contribution is 6.14. The molecule has 0 saturated heterocycles. The van der Waals surface area contributed by atoms with Crippen LogP contribution in [0.3, 0.4) is 0 Å². The van der Waals surface area contributed by atoms with Crippen LogP contribution >= 0.6 is 0 Å². The third kappa shape index (κ3) is 5.33. The van der Waals surface area contributed by atoms with Crippen LogP contribution in [0.15, 0.2) is 88.7 Å². The minimum atomic E-state index is -4.52. The van der Waals surface area contributed by atoms with Crippen LogP contribution in [0.2, 0.25) is 0 Å². The largest absolute Gasteiger partial charge is 0.416 e. The topological polar surface area (TPSA) is 60.1 Å². The number of hydrazone groups is 1. The highest BCUT2D eigenvalue weighted by Crippen LogP contribution is 2.30. The van der Waals surface area contributed by atoms with Gasteiger partial charge in [0.15, 0.2) is 0 Å². The Morgan fingerprint density at radius 2 is 1.76 bits per heavy atom. The molecule has 38 heavy (non-hydrogen) atoms. The van der Waals surface area contributed by atoms with E-state index in [4.69, 9.17) is 0 Å². The summed E-state index contributed by atoms with van der Waals surface area (Å²) in [5.74, 6) is 0.0910. The Morgan fingerprint density at radius 3 is 2.50 bits per heavy atom. The monoisotopic (exact) mass is 516 g/mol. The Kier molecular flexibility index (Phi) is 6.77. The zero-order chi connectivity index (χ0) is 26.9. The second kappa shape index (κ2) is 10.2. The molecule has 2 aliphatic rings. The van der Waals surface area contributed by atoms with E-state index in [2.05, 4.69) is 44.6 Å². The summed E-state index contributed by atoms with van der Waals surface area (Å²) in [6.07, 6.45) is -0.382. The van der Waals surface area contributed by atoms with Crippen LogP contribution < -0.4 is 5.32 Å². The fourth-order valence-corrected chi connectivity index (χ4v) is 4.38. The number of benzene rings is 3. The second-order valence-electron chi connectivity index (χ2n) is 9.30. The first-order chi connectivity index (χ1) is 18.2. The smallest absolute Gasteiger partial charge is 0.322 e. The van der Waals surface area contributed by atoms with E-state index < -0.39 is 17.6 Å². The molecule has 1 amide bonds. The number of hydrogen-bond acceptors (Lipinski definition) is 4. The summed E-state index contributed by atoms with van der Waals surface area (Å²) in [5.41, 5.74) is 4.34. The van der Waals surface area contributed by atoms with Gasteiger partial charge in [-0.1, -0.05) is 57.2 Å². The van der Waals surface area contributed by atoms with Gasteiger partial charge >= 0.3 is 12.0 Å². The van der Waals surface area contributed by atoms with Crippen LogP contribution in [-0.2, 0) is 12.7 Å². The van der Waals surface area contributed by atoms with Crippen molar-refractivity contribution in [1.29, 1.82) is 0 Å². The number of amides is 1. The van der Waals surface area contributed by atoms with E-state index >= 15 is 0 Å². The van der Waals surface area contributed by atoms with E-state index in [1.54, 1.807) is 29.1 Å². The molecule has 1 N–H and O–H groups in total. The third-order valence-electron chi connectivity index (χ3n) is 6.17. The van der Waals surface area contributed by atoms with Crippen LogP contribution in [0.1, 0.15) is 39.0 Å². The molecule has 0 unspecified atom stereocenters. The predicted molar refractivity (Wildman–Crippen MR) is 143 cm³/mol. The van der Waals surface area contributed by atoms with Crippen molar-refractivity contribution >= 4 is 35.3 Å². The SMILES string of the molecule is CN(C)Cc1ccc(C2=C3N=CCC(c4cccc(NC(=O)c5cccc(C(F)(F)F)c5)c4)=[N+]3N=C2)cc1. The highest BCUT2D eigenvalue weighted by atomic mass is 19.4. The molecule has 192 valence electrons. The fourth-order valence-electron chi connectivity index (χ4n) is 4.38. The third-order valence-corrected chi connectivity index (χ3v) is 6.17. The van der Waals surface area contributed by atoms with E-state index in [1.807, 2.05) is 26.4 Å². The van der Waals surface area contributed by atoms with E-state index in [0.29, 0.717) is 17.9 Å². The maximum absolute atomic E-state index is 13.1. The summed E-state index contributed by atoms with van der Waals surface area (Å²) in [6.45, 7) is 0.850. The number of anilines is 1. The maximum atomic E-state index is 13.1. The Labute approximate surface area is 218 Å². The molecule has 0 spiro atoms. The number of rotatable bonds is 6. The van der Waals surface area contributed by atoms with Crippen LogP contribution in [0.4, 0.5) is 18.9 Å². The number of halogens is 3. The minimum Gasteiger partial charge on any atom is -0.322 e. The van der Waals surface area contributed by atoms with Crippen molar-refractivity contribution in [2.45, 2.75) is 19.1 Å². The first-order valence-corrected chi connectivity index (χ1v) is 12.0. The van der Waals surface area contributed by atoms with Gasteiger partial charge in [-0.25, -0.2) is 0 Å². The normalized spacial score (nSPS) is 14.9. The summed E-state index contributed by atoms with van der Waals surface area (Å²) < 4.78 is 41.0. The van der Waals surface area contributed by atoms with Gasteiger partial charge < -0.3 is 10.2 Å². The standard InChI is InChI=1S/C29H24F3N5O/c1-36(2)18-19-9-11-20(12-10-19)25-17-34-37-26(13-14-33-27(25)37)21-5-4-8-24(16-21)35-28(38)22-6-3-7-23(15-22)29(30,31)32/h3-12,14-17H,13,18H2,1-2H3/p+1. The maximum Gasteiger partial charge on any atom is 0.416 e. The molecule has 0 bridgehead atoms. The molecule has 2 aliphatic heterocycles. The number of aliphatic imine (C=N–C) groups is 1. The molecule has 3 aromatic rings. The molecule has 5 rings (SSSR count). The van der Waals surface area contributed by atoms with E-state index in [1.165, 1.54) is 17.7 Å². The first-order valence-electron chi connectivity index (χ1n) is 12.0. The summed E-state index contributed by atoms with van der Waals surface area (Å²) >= 11 is 0. The Bertz CT molecular complexity index is 1520. The second-order valence-corrected chi connectivity index (χ2v) is 9.30. The lowest BCUT2D eigenvalue weighted by Crippen LogP contribution is -2.20. The average Bonchev–Trinajstić information content (AvgIpc) is 3.33. The molecule has 0 aromatic heterocycles. The predicted octanol–water partition coefficient (Wildman–Crippen LogP) is 5.66. The van der Waals surface area contributed by atoms with Crippen molar-refractivity contribution in [1.82, 2.24) is 4.90 Å². The van der Waals surface area contributed by atoms with Gasteiger partial charge in [-0.2, -0.15) is 13.2 Å². The van der Waals surface area contributed by atoms with Crippen molar-refractivity contribution in [2.75, 3.05) is 19.4 Å². The van der Waals surface area contributed by atoms with Gasteiger partial charge in [0.25, 0.3) is 5.91 Å². The van der Waals surface area contributed by atoms with Crippen molar-refractivity contribution < 1.29 is 22.7 Å². The molecule has 6 nitrogen and oxygen atoms in total. The van der Waals surface area contributed by atoms with Gasteiger partial charge in [0.2, 0.25) is 0 Å². The zero-order valence-corrected chi connectivity index (χ0v) is 20.8. The van der Waals surface area contributed by atoms with E-state index in [9.17, 15) is 18.0 Å². The summed E-state index contributed by atoms with van der Waals surface area (Å²) in [4.78, 5) is 19.4. The van der Waals surface area contributed by atoms with E-state index in [0.717, 1.165) is 41.1 Å². The lowest BCUT2D eigenvalue weighted by atomic mass is 10.0. The number of alkyl halides is 3. The zero-order valence-electron chi connectivity index (χ0n) is 20.8. The van der Waals surface area contributed by atoms with Gasteiger partial charge in [0.05, 0.1) is 18.2 Å². The van der Waals surface area contributed by atoms with Gasteiger partial charge in [-0.3, -0.25) is 4.79 Å². The van der Waals surface area contributed by atoms with Crippen LogP contribution in [-0.4, -0.2) is 47.7 Å². The Hall–Kier alpha value is -4.37. The van der Waals surface area contributed by atoms with Crippen molar-refractivity contribution in [3.8, 4) is 0 Å². The molecule has 9 heteroatoms. The molecule has 0 aliphatic carbocycles. The molecule has 0 atom stereocenters. The summed E-state index contributed by atoms with van der Waals surface area (Å²) in [5, 5.41) is 7.30. The fraction of sp³-hybridized carbons (Fsp3) is 0.172. The van der Waals surface area contributed by atoms with Crippen molar-refractivity contribution in [3.63, 3.8) is 0 Å². The number of hydrogen-bond donors (Lipinski definition) is 1. The average molecular weight is 517 g/mol. The van der Waals surface area contributed by atoms with Crippen LogP contribution in [0.25, 0.3) is 5.57 Å². The highest BCUT2D eigenvalue weighted by Gasteiger charge is 2.32.